The Morgan fingerprint density at radius 2 is 2.10 bits per heavy atom. The maximum atomic E-state index is 5.61. The molecule has 0 saturated carbocycles. The number of aryl methyl sites for hydroxylation is 1. The van der Waals surface area contributed by atoms with E-state index in [4.69, 9.17) is 5.73 Å². The van der Waals surface area contributed by atoms with Crippen LogP contribution in [-0.4, -0.2) is 4.98 Å². The molecule has 0 spiro atoms. The third kappa shape index (κ3) is 1.39. The third-order valence-corrected chi connectivity index (χ3v) is 2.50. The van der Waals surface area contributed by atoms with Crippen molar-refractivity contribution in [3.63, 3.8) is 0 Å². The van der Waals surface area contributed by atoms with Gasteiger partial charge in [0.1, 0.15) is 5.82 Å². The Hall–Kier alpha value is -0.320. The average molecular weight is 248 g/mol. The molecule has 3 heteroatoms. The number of hydrogen-bond acceptors (Lipinski definition) is 2. The topological polar surface area (TPSA) is 38.9 Å². The van der Waals surface area contributed by atoms with Gasteiger partial charge in [0.25, 0.3) is 0 Å². The van der Waals surface area contributed by atoms with Crippen molar-refractivity contribution in [1.82, 2.24) is 4.98 Å². The number of hydrogen-bond donors (Lipinski definition) is 1. The smallest absolute Gasteiger partial charge is 0.127 e. The van der Waals surface area contributed by atoms with Crippen molar-refractivity contribution < 1.29 is 0 Å². The van der Waals surface area contributed by atoms with Crippen LogP contribution in [0.25, 0.3) is 0 Å². The number of anilines is 1. The van der Waals surface area contributed by atoms with Gasteiger partial charge in [-0.1, -0.05) is 0 Å². The Kier molecular flexibility index (Phi) is 2.13. The van der Waals surface area contributed by atoms with Crippen LogP contribution < -0.4 is 5.73 Å². The van der Waals surface area contributed by atoms with E-state index in [2.05, 4.69) is 27.6 Å². The molecule has 1 aromatic heterocycles. The summed E-state index contributed by atoms with van der Waals surface area (Å²) in [5, 5.41) is 0. The van der Waals surface area contributed by atoms with E-state index in [1.807, 2.05) is 19.9 Å². The van der Waals surface area contributed by atoms with Crippen LogP contribution in [0.3, 0.4) is 0 Å². The van der Waals surface area contributed by atoms with Crippen LogP contribution in [-0.2, 0) is 0 Å². The quantitative estimate of drug-likeness (QED) is 0.712. The van der Waals surface area contributed by atoms with Crippen molar-refractivity contribution in [3.8, 4) is 0 Å². The molecule has 0 saturated heterocycles. The summed E-state index contributed by atoms with van der Waals surface area (Å²) < 4.78 is 1.18. The maximum Gasteiger partial charge on any atom is 0.127 e. The molecule has 1 aromatic rings. The van der Waals surface area contributed by atoms with Gasteiger partial charge in [-0.15, -0.1) is 0 Å². The van der Waals surface area contributed by atoms with Gasteiger partial charge in [-0.25, -0.2) is 4.98 Å². The Labute approximate surface area is 74.0 Å². The van der Waals surface area contributed by atoms with Crippen LogP contribution in [0, 0.1) is 17.4 Å². The second-order valence-corrected chi connectivity index (χ2v) is 3.42. The predicted octanol–water partition coefficient (Wildman–Crippen LogP) is 1.89. The zero-order valence-electron chi connectivity index (χ0n) is 5.98. The monoisotopic (exact) mass is 248 g/mol. The van der Waals surface area contributed by atoms with Gasteiger partial charge in [0.05, 0.1) is 0 Å². The van der Waals surface area contributed by atoms with Gasteiger partial charge in [-0.3, -0.25) is 0 Å². The highest BCUT2D eigenvalue weighted by Crippen LogP contribution is 2.16. The summed E-state index contributed by atoms with van der Waals surface area (Å²) in [7, 11) is 0. The van der Waals surface area contributed by atoms with Crippen molar-refractivity contribution in [2.24, 2.45) is 0 Å². The van der Waals surface area contributed by atoms with E-state index in [-0.39, 0.29) is 0 Å². The molecule has 0 unspecified atom stereocenters. The fourth-order valence-corrected chi connectivity index (χ4v) is 1.45. The fourth-order valence-electron chi connectivity index (χ4n) is 0.720. The molecule has 2 N–H and O–H groups in total. The van der Waals surface area contributed by atoms with Crippen molar-refractivity contribution in [2.45, 2.75) is 13.8 Å². The highest BCUT2D eigenvalue weighted by atomic mass is 127. The van der Waals surface area contributed by atoms with Gasteiger partial charge in [-0.2, -0.15) is 0 Å². The standard InChI is InChI=1S/C7H9IN2/c1-4-3-6(8)5(2)7(9)10-4/h3H,1-2H3,(H2,9,10). The van der Waals surface area contributed by atoms with Crippen molar-refractivity contribution in [1.29, 1.82) is 0 Å². The number of rotatable bonds is 0. The molecule has 0 bridgehead atoms. The number of nitrogens with two attached hydrogens (primary N) is 1. The third-order valence-electron chi connectivity index (χ3n) is 1.37. The van der Waals surface area contributed by atoms with Gasteiger partial charge in [-0.05, 0) is 42.5 Å². The summed E-state index contributed by atoms with van der Waals surface area (Å²) in [5.74, 6) is 0.643. The summed E-state index contributed by atoms with van der Waals surface area (Å²) in [5.41, 5.74) is 7.66. The molecule has 0 aromatic carbocycles. The molecule has 1 heterocycles. The summed E-state index contributed by atoms with van der Waals surface area (Å²) in [6, 6.07) is 2.02. The van der Waals surface area contributed by atoms with E-state index in [9.17, 15) is 0 Å². The van der Waals surface area contributed by atoms with Crippen LogP contribution in [0.2, 0.25) is 0 Å². The molecule has 2 nitrogen and oxygen atoms in total. The second-order valence-electron chi connectivity index (χ2n) is 2.26. The summed E-state index contributed by atoms with van der Waals surface area (Å²) in [4.78, 5) is 4.11. The number of aromatic nitrogens is 1. The van der Waals surface area contributed by atoms with E-state index in [1.165, 1.54) is 3.57 Å². The van der Waals surface area contributed by atoms with E-state index < -0.39 is 0 Å². The van der Waals surface area contributed by atoms with Crippen molar-refractivity contribution in [3.05, 3.63) is 20.9 Å². The Bertz CT molecular complexity index is 235. The average Bonchev–Trinajstić information content (AvgIpc) is 1.82. The minimum absolute atomic E-state index is 0.643. The summed E-state index contributed by atoms with van der Waals surface area (Å²) in [6.07, 6.45) is 0. The van der Waals surface area contributed by atoms with Gasteiger partial charge in [0, 0.05) is 14.8 Å². The Balaban J connectivity index is 3.31. The SMILES string of the molecule is Cc1cc(I)c(C)c(N)n1. The van der Waals surface area contributed by atoms with Gasteiger partial charge >= 0.3 is 0 Å². The molecule has 0 aliphatic rings. The predicted molar refractivity (Wildman–Crippen MR) is 50.8 cm³/mol. The van der Waals surface area contributed by atoms with Crippen molar-refractivity contribution >= 4 is 28.4 Å². The molecule has 0 aliphatic heterocycles. The van der Waals surface area contributed by atoms with Crippen LogP contribution in [0.1, 0.15) is 11.3 Å². The number of pyridine rings is 1. The first-order valence-electron chi connectivity index (χ1n) is 3.00. The highest BCUT2D eigenvalue weighted by molar-refractivity contribution is 14.1. The molecule has 0 radical (unpaired) electrons. The summed E-state index contributed by atoms with van der Waals surface area (Å²) >= 11 is 2.26. The van der Waals surface area contributed by atoms with Crippen molar-refractivity contribution in [2.75, 3.05) is 5.73 Å². The second kappa shape index (κ2) is 2.74. The highest BCUT2D eigenvalue weighted by Gasteiger charge is 1.99. The molecule has 0 aliphatic carbocycles. The zero-order valence-corrected chi connectivity index (χ0v) is 8.14. The van der Waals surface area contributed by atoms with Crippen LogP contribution >= 0.6 is 22.6 Å². The lowest BCUT2D eigenvalue weighted by Crippen LogP contribution is -1.97. The molecule has 0 atom stereocenters. The number of nitrogens with zero attached hydrogens (tertiary/aromatic N) is 1. The lowest BCUT2D eigenvalue weighted by molar-refractivity contribution is 1.17. The van der Waals surface area contributed by atoms with Crippen LogP contribution in [0.5, 0.6) is 0 Å². The molecule has 10 heavy (non-hydrogen) atoms. The molecular weight excluding hydrogens is 239 g/mol. The van der Waals surface area contributed by atoms with E-state index in [1.54, 1.807) is 0 Å². The van der Waals surface area contributed by atoms with Crippen LogP contribution in [0.15, 0.2) is 6.07 Å². The first-order chi connectivity index (χ1) is 4.61. The summed E-state index contributed by atoms with van der Waals surface area (Å²) in [6.45, 7) is 3.92. The fraction of sp³-hybridized carbons (Fsp3) is 0.286. The molecule has 0 fully saturated rings. The van der Waals surface area contributed by atoms with Gasteiger partial charge in [0.2, 0.25) is 0 Å². The molecular formula is C7H9IN2. The van der Waals surface area contributed by atoms with Crippen LogP contribution in [0.4, 0.5) is 5.82 Å². The van der Waals surface area contributed by atoms with E-state index >= 15 is 0 Å². The molecule has 54 valence electrons. The molecule has 1 rings (SSSR count). The normalized spacial score (nSPS) is 9.90. The minimum atomic E-state index is 0.643. The van der Waals surface area contributed by atoms with E-state index in [0.717, 1.165) is 11.3 Å². The van der Waals surface area contributed by atoms with Gasteiger partial charge in [0.15, 0.2) is 0 Å². The van der Waals surface area contributed by atoms with E-state index in [0.29, 0.717) is 5.82 Å². The Morgan fingerprint density at radius 3 is 2.60 bits per heavy atom. The molecule has 0 amide bonds. The lowest BCUT2D eigenvalue weighted by Gasteiger charge is -2.02. The Morgan fingerprint density at radius 1 is 1.50 bits per heavy atom. The number of nitrogen functional groups attached to an aromatic ring is 1. The lowest BCUT2D eigenvalue weighted by atomic mass is 10.2. The number of halogens is 1. The first kappa shape index (κ1) is 7.78. The zero-order chi connectivity index (χ0) is 7.72. The largest absolute Gasteiger partial charge is 0.383 e. The van der Waals surface area contributed by atoms with Gasteiger partial charge < -0.3 is 5.73 Å². The first-order valence-corrected chi connectivity index (χ1v) is 4.08. The minimum Gasteiger partial charge on any atom is -0.383 e. The maximum absolute atomic E-state index is 5.61.